The van der Waals surface area contributed by atoms with Gasteiger partial charge in [0.2, 0.25) is 5.95 Å². The Balaban J connectivity index is 1.76. The number of rotatable bonds is 8. The highest BCUT2D eigenvalue weighted by Gasteiger charge is 2.16. The van der Waals surface area contributed by atoms with Crippen molar-refractivity contribution in [2.45, 2.75) is 19.0 Å². The molecule has 3 aromatic rings. The SMILES string of the molecule is CC(CO)Nc1ncc(Cl)c(-c2ccc(C(=O)N[C@H](CO)c3cccc(Cl)c3)cc2)n1. The monoisotopic (exact) mass is 460 g/mol. The van der Waals surface area contributed by atoms with Gasteiger partial charge in [-0.1, -0.05) is 47.5 Å². The summed E-state index contributed by atoms with van der Waals surface area (Å²) in [7, 11) is 0. The largest absolute Gasteiger partial charge is 0.394 e. The Morgan fingerprint density at radius 3 is 2.48 bits per heavy atom. The Labute approximate surface area is 190 Å². The van der Waals surface area contributed by atoms with E-state index in [0.717, 1.165) is 0 Å². The highest BCUT2D eigenvalue weighted by Crippen LogP contribution is 2.27. The first-order valence-corrected chi connectivity index (χ1v) is 10.3. The number of hydrogen-bond acceptors (Lipinski definition) is 6. The molecule has 0 saturated heterocycles. The lowest BCUT2D eigenvalue weighted by Gasteiger charge is -2.17. The predicted molar refractivity (Wildman–Crippen MR) is 121 cm³/mol. The highest BCUT2D eigenvalue weighted by atomic mass is 35.5. The number of nitrogens with one attached hydrogen (secondary N) is 2. The van der Waals surface area contributed by atoms with Crippen molar-refractivity contribution in [3.05, 3.63) is 75.9 Å². The summed E-state index contributed by atoms with van der Waals surface area (Å²) >= 11 is 12.3. The number of aliphatic hydroxyl groups excluding tert-OH is 2. The van der Waals surface area contributed by atoms with Crippen LogP contribution in [-0.4, -0.2) is 45.3 Å². The lowest BCUT2D eigenvalue weighted by Crippen LogP contribution is -2.30. The molecule has 162 valence electrons. The fraction of sp³-hybridized carbons (Fsp3) is 0.227. The van der Waals surface area contributed by atoms with Gasteiger partial charge in [-0.2, -0.15) is 0 Å². The van der Waals surface area contributed by atoms with Gasteiger partial charge in [0.1, 0.15) is 0 Å². The van der Waals surface area contributed by atoms with Gasteiger partial charge in [0.05, 0.1) is 36.2 Å². The van der Waals surface area contributed by atoms with E-state index in [1.807, 2.05) is 0 Å². The standard InChI is InChI=1S/C22H22Cl2N4O3/c1-13(11-29)26-22-25-10-18(24)20(28-22)14-5-7-15(8-6-14)21(31)27-19(12-30)16-3-2-4-17(23)9-16/h2-10,13,19,29-30H,11-12H2,1H3,(H,27,31)(H,25,26,28)/t13?,19-/m1/s1. The van der Waals surface area contributed by atoms with Crippen molar-refractivity contribution in [2.75, 3.05) is 18.5 Å². The van der Waals surface area contributed by atoms with E-state index in [9.17, 15) is 15.0 Å². The molecule has 0 aliphatic carbocycles. The van der Waals surface area contributed by atoms with Gasteiger partial charge in [0.25, 0.3) is 5.91 Å². The molecule has 1 unspecified atom stereocenters. The van der Waals surface area contributed by atoms with Crippen LogP contribution in [0.15, 0.2) is 54.7 Å². The maximum atomic E-state index is 12.7. The molecule has 7 nitrogen and oxygen atoms in total. The number of carbonyl (C=O) groups excluding carboxylic acids is 1. The number of hydrogen-bond donors (Lipinski definition) is 4. The van der Waals surface area contributed by atoms with Crippen LogP contribution in [-0.2, 0) is 0 Å². The fourth-order valence-electron chi connectivity index (χ4n) is 2.88. The Hall–Kier alpha value is -2.71. The van der Waals surface area contributed by atoms with Crippen molar-refractivity contribution in [3.8, 4) is 11.3 Å². The van der Waals surface area contributed by atoms with Crippen molar-refractivity contribution in [2.24, 2.45) is 0 Å². The van der Waals surface area contributed by atoms with Gasteiger partial charge in [0, 0.05) is 22.2 Å². The molecule has 1 aromatic heterocycles. The number of halogens is 2. The summed E-state index contributed by atoms with van der Waals surface area (Å²) in [6, 6.07) is 13.0. The van der Waals surface area contributed by atoms with Crippen LogP contribution in [0.3, 0.4) is 0 Å². The molecule has 2 atom stereocenters. The maximum absolute atomic E-state index is 12.7. The summed E-state index contributed by atoms with van der Waals surface area (Å²) in [4.78, 5) is 21.2. The number of aliphatic hydroxyl groups is 2. The third-order valence-corrected chi connectivity index (χ3v) is 5.06. The maximum Gasteiger partial charge on any atom is 0.251 e. The second kappa shape index (κ2) is 10.5. The molecule has 0 bridgehead atoms. The molecule has 4 N–H and O–H groups in total. The molecule has 0 fully saturated rings. The van der Waals surface area contributed by atoms with Gasteiger partial charge in [-0.05, 0) is 36.8 Å². The zero-order valence-corrected chi connectivity index (χ0v) is 18.2. The lowest BCUT2D eigenvalue weighted by atomic mass is 10.1. The minimum absolute atomic E-state index is 0.0604. The van der Waals surface area contributed by atoms with Crippen LogP contribution in [0.1, 0.15) is 28.9 Å². The molecule has 0 spiro atoms. The van der Waals surface area contributed by atoms with Gasteiger partial charge in [-0.3, -0.25) is 4.79 Å². The van der Waals surface area contributed by atoms with Gasteiger partial charge in [-0.25, -0.2) is 9.97 Å². The summed E-state index contributed by atoms with van der Waals surface area (Å²) in [5, 5.41) is 25.5. The first-order chi connectivity index (χ1) is 14.9. The summed E-state index contributed by atoms with van der Waals surface area (Å²) in [6.07, 6.45) is 1.48. The molecule has 1 heterocycles. The summed E-state index contributed by atoms with van der Waals surface area (Å²) in [5.74, 6) is 0.00793. The van der Waals surface area contributed by atoms with Crippen molar-refractivity contribution in [1.82, 2.24) is 15.3 Å². The third kappa shape index (κ3) is 5.92. The number of aromatic nitrogens is 2. The zero-order valence-electron chi connectivity index (χ0n) is 16.7. The average Bonchev–Trinajstić information content (AvgIpc) is 2.78. The third-order valence-electron chi connectivity index (χ3n) is 4.55. The number of amides is 1. The number of anilines is 1. The number of carbonyl (C=O) groups is 1. The molecule has 3 rings (SSSR count). The van der Waals surface area contributed by atoms with Gasteiger partial charge < -0.3 is 20.8 Å². The van der Waals surface area contributed by atoms with Crippen molar-refractivity contribution in [3.63, 3.8) is 0 Å². The second-order valence-electron chi connectivity index (χ2n) is 6.96. The van der Waals surface area contributed by atoms with Crippen LogP contribution in [0.2, 0.25) is 10.0 Å². The van der Waals surface area contributed by atoms with Crippen LogP contribution >= 0.6 is 23.2 Å². The van der Waals surface area contributed by atoms with Crippen molar-refractivity contribution < 1.29 is 15.0 Å². The fourth-order valence-corrected chi connectivity index (χ4v) is 3.28. The van der Waals surface area contributed by atoms with E-state index >= 15 is 0 Å². The van der Waals surface area contributed by atoms with Gasteiger partial charge in [-0.15, -0.1) is 0 Å². The minimum atomic E-state index is -0.579. The Morgan fingerprint density at radius 1 is 1.10 bits per heavy atom. The van der Waals surface area contributed by atoms with E-state index in [4.69, 9.17) is 23.2 Å². The number of nitrogens with zero attached hydrogens (tertiary/aromatic N) is 2. The molecule has 0 aliphatic rings. The smallest absolute Gasteiger partial charge is 0.251 e. The minimum Gasteiger partial charge on any atom is -0.394 e. The Bertz CT molecular complexity index is 1050. The lowest BCUT2D eigenvalue weighted by molar-refractivity contribution is 0.0916. The van der Waals surface area contributed by atoms with E-state index < -0.39 is 6.04 Å². The molecule has 0 radical (unpaired) electrons. The molecule has 9 heteroatoms. The molecule has 0 aliphatic heterocycles. The first-order valence-electron chi connectivity index (χ1n) is 9.58. The zero-order chi connectivity index (χ0) is 22.4. The van der Waals surface area contributed by atoms with Gasteiger partial charge in [0.15, 0.2) is 0 Å². The first kappa shape index (κ1) is 23.0. The van der Waals surface area contributed by atoms with Crippen molar-refractivity contribution in [1.29, 1.82) is 0 Å². The molecule has 31 heavy (non-hydrogen) atoms. The molecule has 2 aromatic carbocycles. The molecular formula is C22H22Cl2N4O3. The summed E-state index contributed by atoms with van der Waals surface area (Å²) in [6.45, 7) is 1.48. The predicted octanol–water partition coefficient (Wildman–Crippen LogP) is 3.71. The van der Waals surface area contributed by atoms with Crippen LogP contribution in [0.5, 0.6) is 0 Å². The summed E-state index contributed by atoms with van der Waals surface area (Å²) in [5.41, 5.74) is 2.34. The van der Waals surface area contributed by atoms with Crippen LogP contribution in [0.4, 0.5) is 5.95 Å². The average molecular weight is 461 g/mol. The highest BCUT2D eigenvalue weighted by molar-refractivity contribution is 6.33. The summed E-state index contributed by atoms with van der Waals surface area (Å²) < 4.78 is 0. The van der Waals surface area contributed by atoms with E-state index in [0.29, 0.717) is 38.4 Å². The van der Waals surface area contributed by atoms with E-state index in [1.54, 1.807) is 55.5 Å². The topological polar surface area (TPSA) is 107 Å². The van der Waals surface area contributed by atoms with Crippen LogP contribution in [0.25, 0.3) is 11.3 Å². The molecule has 1 amide bonds. The van der Waals surface area contributed by atoms with Gasteiger partial charge >= 0.3 is 0 Å². The quantitative estimate of drug-likeness (QED) is 0.408. The van der Waals surface area contributed by atoms with E-state index in [2.05, 4.69) is 20.6 Å². The molecule has 0 saturated carbocycles. The second-order valence-corrected chi connectivity index (χ2v) is 7.80. The normalized spacial score (nSPS) is 12.8. The van der Waals surface area contributed by atoms with E-state index in [1.165, 1.54) is 6.20 Å². The van der Waals surface area contributed by atoms with Crippen molar-refractivity contribution >= 4 is 35.1 Å². The van der Waals surface area contributed by atoms with Crippen LogP contribution in [0, 0.1) is 0 Å². The Morgan fingerprint density at radius 2 is 1.84 bits per heavy atom. The molecular weight excluding hydrogens is 439 g/mol. The number of benzene rings is 2. The van der Waals surface area contributed by atoms with E-state index in [-0.39, 0.29) is 25.2 Å². The Kier molecular flexibility index (Phi) is 7.81. The van der Waals surface area contributed by atoms with Crippen LogP contribution < -0.4 is 10.6 Å².